The third-order valence-electron chi connectivity index (χ3n) is 12.8. The quantitative estimate of drug-likeness (QED) is 0.0319. The summed E-state index contributed by atoms with van der Waals surface area (Å²) in [7, 11) is 0. The highest BCUT2D eigenvalue weighted by Crippen LogP contribution is 2.33. The minimum absolute atomic E-state index is 0.224. The van der Waals surface area contributed by atoms with Crippen LogP contribution in [0.1, 0.15) is 136 Å². The zero-order valence-electron chi connectivity index (χ0n) is 41.5. The van der Waals surface area contributed by atoms with Gasteiger partial charge in [-0.25, -0.2) is 0 Å². The lowest BCUT2D eigenvalue weighted by Gasteiger charge is -2.48. The average Bonchev–Trinajstić information content (AvgIpc) is 3.35. The smallest absolute Gasteiger partial charge is 0.220 e. The second kappa shape index (κ2) is 35.8. The van der Waals surface area contributed by atoms with E-state index in [2.05, 4.69) is 55.6 Å². The molecule has 3 aliphatic heterocycles. The summed E-state index contributed by atoms with van der Waals surface area (Å²) in [6, 6.07) is -0.991. The zero-order valence-corrected chi connectivity index (χ0v) is 41.5. The van der Waals surface area contributed by atoms with Gasteiger partial charge in [-0.3, -0.25) is 4.79 Å². The minimum Gasteiger partial charge on any atom is -0.394 e. The lowest BCUT2D eigenvalue weighted by atomic mass is 9.96. The van der Waals surface area contributed by atoms with Crippen molar-refractivity contribution >= 4 is 5.91 Å². The number of ether oxygens (including phenoxy) is 6. The van der Waals surface area contributed by atoms with Gasteiger partial charge in [-0.05, 0) is 57.8 Å². The fourth-order valence-corrected chi connectivity index (χ4v) is 8.45. The number of carbonyl (C=O) groups is 1. The molecule has 0 bridgehead atoms. The van der Waals surface area contributed by atoms with Crippen molar-refractivity contribution in [2.24, 2.45) is 0 Å². The molecule has 3 saturated heterocycles. The molecule has 406 valence electrons. The van der Waals surface area contributed by atoms with Gasteiger partial charge in [-0.2, -0.15) is 0 Å². The standard InChI is InChI=1S/C51H89NO18/c1-3-5-7-9-11-13-14-15-16-17-18-19-20-21-23-25-27-29-39(57)52-34(35(56)28-26-24-22-12-10-8-6-4-2)33-65-49-45(63)42(60)47(37(31-54)67-49)70-51-46(64)43(61)48(38(32-55)68-51)69-50-44(62)41(59)40(58)36(30-53)66-50/h10-13,15-16,26,28,34-38,40-51,53-56,58-64H,3-9,14,17-25,27,29-33H2,1-2H3,(H,52,57)/b12-10+,13-11-,16-15-,28-26+. The third kappa shape index (κ3) is 21.3. The number of allylic oxidation sites excluding steroid dienone is 7. The number of nitrogens with one attached hydrogen (secondary N) is 1. The van der Waals surface area contributed by atoms with Crippen LogP contribution < -0.4 is 5.32 Å². The topological polar surface area (TPSA) is 307 Å². The molecule has 19 heteroatoms. The molecule has 70 heavy (non-hydrogen) atoms. The maximum absolute atomic E-state index is 13.2. The molecule has 0 aliphatic carbocycles. The Hall–Kier alpha value is -2.25. The first kappa shape index (κ1) is 62.0. The van der Waals surface area contributed by atoms with Gasteiger partial charge in [0.15, 0.2) is 18.9 Å². The van der Waals surface area contributed by atoms with E-state index >= 15 is 0 Å². The van der Waals surface area contributed by atoms with Gasteiger partial charge in [-0.15, -0.1) is 0 Å². The van der Waals surface area contributed by atoms with Crippen LogP contribution in [-0.2, 0) is 33.2 Å². The molecular weight excluding hydrogens is 915 g/mol. The summed E-state index contributed by atoms with van der Waals surface area (Å²) in [5.41, 5.74) is 0. The predicted molar refractivity (Wildman–Crippen MR) is 259 cm³/mol. The first-order chi connectivity index (χ1) is 33.8. The van der Waals surface area contributed by atoms with Crippen LogP contribution in [-0.4, -0.2) is 193 Å². The van der Waals surface area contributed by atoms with Crippen LogP contribution in [0.5, 0.6) is 0 Å². The van der Waals surface area contributed by atoms with E-state index in [0.29, 0.717) is 12.8 Å². The van der Waals surface area contributed by atoms with Gasteiger partial charge in [0.1, 0.15) is 73.2 Å². The van der Waals surface area contributed by atoms with Gasteiger partial charge in [0.2, 0.25) is 5.91 Å². The molecule has 3 heterocycles. The molecule has 12 N–H and O–H groups in total. The molecule has 17 atom stereocenters. The number of amides is 1. The fourth-order valence-electron chi connectivity index (χ4n) is 8.45. The Labute approximate surface area is 414 Å². The monoisotopic (exact) mass is 1000 g/mol. The second-order valence-electron chi connectivity index (χ2n) is 18.6. The number of aliphatic hydroxyl groups excluding tert-OH is 11. The first-order valence-corrected chi connectivity index (χ1v) is 25.9. The molecule has 0 aromatic heterocycles. The lowest BCUT2D eigenvalue weighted by molar-refractivity contribution is -0.379. The second-order valence-corrected chi connectivity index (χ2v) is 18.6. The first-order valence-electron chi connectivity index (χ1n) is 25.9. The van der Waals surface area contributed by atoms with Crippen molar-refractivity contribution < 1.29 is 89.4 Å². The number of hydrogen-bond acceptors (Lipinski definition) is 18. The van der Waals surface area contributed by atoms with Crippen molar-refractivity contribution in [3.05, 3.63) is 48.6 Å². The van der Waals surface area contributed by atoms with E-state index in [1.165, 1.54) is 19.3 Å². The fraction of sp³-hybridized carbons (Fsp3) is 0.824. The number of unbranched alkanes of at least 4 members (excludes halogenated alkanes) is 13. The summed E-state index contributed by atoms with van der Waals surface area (Å²) in [5, 5.41) is 119. The molecule has 0 aromatic carbocycles. The summed E-state index contributed by atoms with van der Waals surface area (Å²) < 4.78 is 34.0. The summed E-state index contributed by atoms with van der Waals surface area (Å²) in [6.45, 7) is 1.54. The molecule has 1 amide bonds. The molecule has 3 fully saturated rings. The van der Waals surface area contributed by atoms with E-state index in [1.807, 2.05) is 0 Å². The average molecular weight is 1000 g/mol. The molecule has 0 aromatic rings. The van der Waals surface area contributed by atoms with Gasteiger partial charge in [-0.1, -0.05) is 120 Å². The van der Waals surface area contributed by atoms with Gasteiger partial charge < -0.3 is 89.9 Å². The van der Waals surface area contributed by atoms with Crippen molar-refractivity contribution in [1.29, 1.82) is 0 Å². The summed E-state index contributed by atoms with van der Waals surface area (Å²) in [4.78, 5) is 13.2. The van der Waals surface area contributed by atoms with E-state index in [9.17, 15) is 61.0 Å². The maximum atomic E-state index is 13.2. The van der Waals surface area contributed by atoms with E-state index in [1.54, 1.807) is 12.2 Å². The number of carbonyl (C=O) groups excluding carboxylic acids is 1. The van der Waals surface area contributed by atoms with E-state index in [4.69, 9.17) is 28.4 Å². The van der Waals surface area contributed by atoms with Gasteiger partial charge >= 0.3 is 0 Å². The summed E-state index contributed by atoms with van der Waals surface area (Å²) in [6.07, 6.45) is 8.56. The number of rotatable bonds is 35. The normalized spacial score (nSPS) is 33.0. The van der Waals surface area contributed by atoms with Crippen LogP contribution in [0.3, 0.4) is 0 Å². The Morgan fingerprint density at radius 2 is 0.971 bits per heavy atom. The Morgan fingerprint density at radius 3 is 1.56 bits per heavy atom. The SMILES string of the molecule is CCCC/C=C/CC/C=C/C(O)C(COC1OC(CO)C(OC2OC(CO)C(OC3OC(CO)C(O)C(O)C3O)C(O)C2O)C(O)C1O)NC(=O)CCCCCCCCC/C=C\C/C=C\CCCCC. The molecule has 0 saturated carbocycles. The third-order valence-corrected chi connectivity index (χ3v) is 12.8. The molecule has 3 aliphatic rings. The van der Waals surface area contributed by atoms with Crippen molar-refractivity contribution in [2.75, 3.05) is 26.4 Å². The van der Waals surface area contributed by atoms with Crippen molar-refractivity contribution in [3.8, 4) is 0 Å². The lowest BCUT2D eigenvalue weighted by Crippen LogP contribution is -2.66. The number of hydrogen-bond donors (Lipinski definition) is 12. The van der Waals surface area contributed by atoms with E-state index in [0.717, 1.165) is 83.5 Å². The number of aliphatic hydroxyl groups is 11. The molecule has 3 rings (SSSR count). The van der Waals surface area contributed by atoms with Crippen molar-refractivity contribution in [1.82, 2.24) is 5.32 Å². The maximum Gasteiger partial charge on any atom is 0.220 e. The predicted octanol–water partition coefficient (Wildman–Crippen LogP) is 1.97. The highest BCUT2D eigenvalue weighted by atomic mass is 16.8. The van der Waals surface area contributed by atoms with Crippen LogP contribution >= 0.6 is 0 Å². The van der Waals surface area contributed by atoms with Gasteiger partial charge in [0, 0.05) is 6.42 Å². The zero-order chi connectivity index (χ0) is 51.3. The Morgan fingerprint density at radius 1 is 0.514 bits per heavy atom. The van der Waals surface area contributed by atoms with Gasteiger partial charge in [0.25, 0.3) is 0 Å². The highest BCUT2D eigenvalue weighted by molar-refractivity contribution is 5.76. The summed E-state index contributed by atoms with van der Waals surface area (Å²) in [5.74, 6) is -0.301. The van der Waals surface area contributed by atoms with Crippen molar-refractivity contribution in [3.63, 3.8) is 0 Å². The minimum atomic E-state index is -1.98. The summed E-state index contributed by atoms with van der Waals surface area (Å²) >= 11 is 0. The Bertz CT molecular complexity index is 1480. The Kier molecular flexibility index (Phi) is 31.8. The molecule has 17 unspecified atom stereocenters. The Balaban J connectivity index is 1.53. The van der Waals surface area contributed by atoms with Crippen LogP contribution in [0.25, 0.3) is 0 Å². The van der Waals surface area contributed by atoms with E-state index < -0.39 is 124 Å². The van der Waals surface area contributed by atoms with Crippen molar-refractivity contribution in [2.45, 2.75) is 240 Å². The largest absolute Gasteiger partial charge is 0.394 e. The molecular formula is C51H89NO18. The van der Waals surface area contributed by atoms with Gasteiger partial charge in [0.05, 0.1) is 38.6 Å². The highest BCUT2D eigenvalue weighted by Gasteiger charge is 2.53. The van der Waals surface area contributed by atoms with E-state index in [-0.39, 0.29) is 18.9 Å². The molecule has 0 spiro atoms. The van der Waals surface area contributed by atoms with Crippen LogP contribution in [0.15, 0.2) is 48.6 Å². The van der Waals surface area contributed by atoms with Crippen LogP contribution in [0.4, 0.5) is 0 Å². The van der Waals surface area contributed by atoms with Crippen LogP contribution in [0.2, 0.25) is 0 Å². The molecule has 0 radical (unpaired) electrons. The van der Waals surface area contributed by atoms with Crippen LogP contribution in [0, 0.1) is 0 Å². The molecule has 19 nitrogen and oxygen atoms in total.